The Hall–Kier alpha value is -1.98. The fourth-order valence-corrected chi connectivity index (χ4v) is 5.09. The van der Waals surface area contributed by atoms with Gasteiger partial charge in [0.25, 0.3) is 0 Å². The Balaban J connectivity index is 1.70. The highest BCUT2D eigenvalue weighted by Gasteiger charge is 2.33. The van der Waals surface area contributed by atoms with Crippen LogP contribution in [0.2, 0.25) is 0 Å². The lowest BCUT2D eigenvalue weighted by Gasteiger charge is -2.33. The average molecular weight is 432 g/mol. The Morgan fingerprint density at radius 2 is 1.87 bits per heavy atom. The maximum absolute atomic E-state index is 13.3. The van der Waals surface area contributed by atoms with Crippen molar-refractivity contribution in [3.63, 3.8) is 0 Å². The molecular weight excluding hydrogens is 403 g/mol. The van der Waals surface area contributed by atoms with Crippen molar-refractivity contribution in [2.75, 3.05) is 18.8 Å². The topological polar surface area (TPSA) is 3.24 Å². The van der Waals surface area contributed by atoms with Crippen LogP contribution in [0.5, 0.6) is 0 Å². The summed E-state index contributed by atoms with van der Waals surface area (Å²) < 4.78 is 39.9. The van der Waals surface area contributed by atoms with Crippen LogP contribution >= 0.6 is 11.8 Å². The lowest BCUT2D eigenvalue weighted by molar-refractivity contribution is -0.137. The predicted octanol–water partition coefficient (Wildman–Crippen LogP) is 7.20. The minimum absolute atomic E-state index is 0.228. The van der Waals surface area contributed by atoms with Gasteiger partial charge < -0.3 is 0 Å². The summed E-state index contributed by atoms with van der Waals surface area (Å²) in [5, 5.41) is 0.462. The molecule has 0 radical (unpaired) electrons. The molecule has 1 atom stereocenters. The van der Waals surface area contributed by atoms with Gasteiger partial charge >= 0.3 is 6.18 Å². The van der Waals surface area contributed by atoms with E-state index in [1.54, 1.807) is 18.2 Å². The van der Waals surface area contributed by atoms with Gasteiger partial charge in [-0.25, -0.2) is 0 Å². The van der Waals surface area contributed by atoms with Gasteiger partial charge in [-0.3, -0.25) is 4.90 Å². The highest BCUT2D eigenvalue weighted by atomic mass is 32.2. The van der Waals surface area contributed by atoms with Crippen LogP contribution in [-0.2, 0) is 12.7 Å². The van der Waals surface area contributed by atoms with Crippen LogP contribution in [0.4, 0.5) is 13.2 Å². The molecule has 30 heavy (non-hydrogen) atoms. The summed E-state index contributed by atoms with van der Waals surface area (Å²) in [5.41, 5.74) is 2.73. The van der Waals surface area contributed by atoms with E-state index in [0.29, 0.717) is 10.8 Å². The number of halogens is 3. The van der Waals surface area contributed by atoms with Crippen LogP contribution in [0.15, 0.2) is 72.3 Å². The van der Waals surface area contributed by atoms with E-state index in [1.807, 2.05) is 23.9 Å². The van der Waals surface area contributed by atoms with Gasteiger partial charge in [-0.1, -0.05) is 67.6 Å². The summed E-state index contributed by atoms with van der Waals surface area (Å²) in [6.45, 7) is 7.05. The lowest BCUT2D eigenvalue weighted by Crippen LogP contribution is -2.37. The fraction of sp³-hybridized carbons (Fsp3) is 0.360. The zero-order chi connectivity index (χ0) is 21.6. The van der Waals surface area contributed by atoms with Crippen molar-refractivity contribution in [1.82, 2.24) is 4.90 Å². The Morgan fingerprint density at radius 1 is 1.13 bits per heavy atom. The average Bonchev–Trinajstić information content (AvgIpc) is 2.75. The molecular formula is C25H28F3NS. The van der Waals surface area contributed by atoms with Crippen LogP contribution in [0.1, 0.15) is 31.4 Å². The molecule has 0 spiro atoms. The summed E-state index contributed by atoms with van der Waals surface area (Å²) in [4.78, 5) is 2.43. The highest BCUT2D eigenvalue weighted by Crippen LogP contribution is 2.37. The number of hydrogen-bond donors (Lipinski definition) is 0. The predicted molar refractivity (Wildman–Crippen MR) is 122 cm³/mol. The van der Waals surface area contributed by atoms with E-state index < -0.39 is 11.7 Å². The molecule has 1 aliphatic rings. The second-order valence-electron chi connectivity index (χ2n) is 7.43. The van der Waals surface area contributed by atoms with Gasteiger partial charge in [-0.15, -0.1) is 0 Å². The molecule has 1 saturated heterocycles. The number of rotatable bonds is 6. The summed E-state index contributed by atoms with van der Waals surface area (Å²) in [6.07, 6.45) is 3.30. The second-order valence-corrected chi connectivity index (χ2v) is 8.74. The maximum atomic E-state index is 13.3. The molecule has 1 aliphatic heterocycles. The molecule has 1 nitrogen and oxygen atoms in total. The monoisotopic (exact) mass is 431 g/mol. The molecule has 0 saturated carbocycles. The van der Waals surface area contributed by atoms with Gasteiger partial charge in [-0.2, -0.15) is 24.9 Å². The smallest absolute Gasteiger partial charge is 0.297 e. The van der Waals surface area contributed by atoms with Crippen molar-refractivity contribution in [2.45, 2.75) is 38.2 Å². The first-order valence-electron chi connectivity index (χ1n) is 10.3. The molecule has 0 aromatic heterocycles. The van der Waals surface area contributed by atoms with Crippen LogP contribution in [0.3, 0.4) is 0 Å². The number of nitrogens with zero attached hydrogens (tertiary/aromatic N) is 1. The summed E-state index contributed by atoms with van der Waals surface area (Å²) in [5.74, 6) is 1.08. The highest BCUT2D eigenvalue weighted by molar-refractivity contribution is 8.00. The Labute approximate surface area is 181 Å². The van der Waals surface area contributed by atoms with Gasteiger partial charge in [0.05, 0.1) is 5.56 Å². The minimum Gasteiger partial charge on any atom is -0.297 e. The molecule has 160 valence electrons. The van der Waals surface area contributed by atoms with Gasteiger partial charge in [0.15, 0.2) is 0 Å². The van der Waals surface area contributed by atoms with Crippen molar-refractivity contribution in [3.05, 3.63) is 83.5 Å². The molecule has 1 unspecified atom stereocenters. The van der Waals surface area contributed by atoms with Crippen molar-refractivity contribution in [2.24, 2.45) is 0 Å². The molecule has 2 aromatic carbocycles. The Bertz CT molecular complexity index is 884. The van der Waals surface area contributed by atoms with E-state index in [1.165, 1.54) is 17.7 Å². The van der Waals surface area contributed by atoms with E-state index in [2.05, 4.69) is 37.0 Å². The summed E-state index contributed by atoms with van der Waals surface area (Å²) >= 11 is 2.00. The SMILES string of the molecule is C/C=C(\C=C/CC)C1CN(Cc2ccc(-c3ccccc3C(F)(F)F)cc2)CCS1. The van der Waals surface area contributed by atoms with E-state index in [-0.39, 0.29) is 5.56 Å². The molecule has 5 heteroatoms. The molecule has 2 aromatic rings. The Kier molecular flexibility index (Phi) is 7.84. The number of alkyl halides is 3. The first kappa shape index (κ1) is 22.7. The van der Waals surface area contributed by atoms with Gasteiger partial charge in [-0.05, 0) is 41.7 Å². The van der Waals surface area contributed by atoms with Crippen LogP contribution in [0, 0.1) is 0 Å². The fourth-order valence-electron chi connectivity index (χ4n) is 3.72. The van der Waals surface area contributed by atoms with E-state index >= 15 is 0 Å². The van der Waals surface area contributed by atoms with Gasteiger partial charge in [0, 0.05) is 30.6 Å². The summed E-state index contributed by atoms with van der Waals surface area (Å²) in [6, 6.07) is 13.3. The lowest BCUT2D eigenvalue weighted by atomic mass is 9.98. The molecule has 0 aliphatic carbocycles. The molecule has 1 heterocycles. The standard InChI is InChI=1S/C25H28F3NS/c1-3-5-8-20(4-2)24-18-29(15-16-30-24)17-19-11-13-21(14-12-19)22-9-6-7-10-23(22)25(26,27)28/h4-14,24H,3,15-18H2,1-2H3/b8-5-,20-4+. The van der Waals surface area contributed by atoms with Crippen molar-refractivity contribution in [1.29, 1.82) is 0 Å². The normalized spacial score (nSPS) is 18.8. The van der Waals surface area contributed by atoms with Crippen LogP contribution in [0.25, 0.3) is 11.1 Å². The zero-order valence-corrected chi connectivity index (χ0v) is 18.3. The molecule has 0 bridgehead atoms. The zero-order valence-electron chi connectivity index (χ0n) is 17.5. The number of hydrogen-bond acceptors (Lipinski definition) is 2. The van der Waals surface area contributed by atoms with E-state index in [9.17, 15) is 13.2 Å². The van der Waals surface area contributed by atoms with E-state index in [0.717, 1.165) is 43.4 Å². The van der Waals surface area contributed by atoms with Gasteiger partial charge in [0.2, 0.25) is 0 Å². The number of thioether (sulfide) groups is 1. The van der Waals surface area contributed by atoms with E-state index in [4.69, 9.17) is 0 Å². The summed E-state index contributed by atoms with van der Waals surface area (Å²) in [7, 11) is 0. The van der Waals surface area contributed by atoms with Crippen molar-refractivity contribution in [3.8, 4) is 11.1 Å². The quantitative estimate of drug-likeness (QED) is 0.445. The molecule has 3 rings (SSSR count). The number of benzene rings is 2. The third kappa shape index (κ3) is 5.79. The third-order valence-corrected chi connectivity index (χ3v) is 6.55. The molecule has 0 N–H and O–H groups in total. The van der Waals surface area contributed by atoms with Crippen molar-refractivity contribution < 1.29 is 13.2 Å². The van der Waals surface area contributed by atoms with Crippen molar-refractivity contribution >= 4 is 11.8 Å². The molecule has 0 amide bonds. The minimum atomic E-state index is -4.35. The maximum Gasteiger partial charge on any atom is 0.417 e. The Morgan fingerprint density at radius 3 is 2.53 bits per heavy atom. The second kappa shape index (κ2) is 10.4. The van der Waals surface area contributed by atoms with Crippen LogP contribution < -0.4 is 0 Å². The first-order valence-corrected chi connectivity index (χ1v) is 11.4. The number of allylic oxidation sites excluding steroid dienone is 3. The first-order chi connectivity index (χ1) is 14.4. The largest absolute Gasteiger partial charge is 0.417 e. The molecule has 1 fully saturated rings. The van der Waals surface area contributed by atoms with Crippen LogP contribution in [-0.4, -0.2) is 29.0 Å². The van der Waals surface area contributed by atoms with Gasteiger partial charge in [0.1, 0.15) is 0 Å². The third-order valence-electron chi connectivity index (χ3n) is 5.31.